The van der Waals surface area contributed by atoms with Crippen LogP contribution < -0.4 is 5.32 Å². The van der Waals surface area contributed by atoms with Crippen LogP contribution in [-0.2, 0) is 19.6 Å². The van der Waals surface area contributed by atoms with Gasteiger partial charge >= 0.3 is 0 Å². The molecule has 2 fully saturated rings. The van der Waals surface area contributed by atoms with Crippen LogP contribution in [0.4, 0.5) is 5.69 Å². The lowest BCUT2D eigenvalue weighted by Gasteiger charge is -2.43. The molecule has 1 saturated carbocycles. The highest BCUT2D eigenvalue weighted by atomic mass is 32.2. The predicted octanol–water partition coefficient (Wildman–Crippen LogP) is 2.61. The number of rotatable bonds is 4. The van der Waals surface area contributed by atoms with E-state index >= 15 is 0 Å². The molecule has 1 aliphatic carbocycles. The zero-order valence-electron chi connectivity index (χ0n) is 14.8. The van der Waals surface area contributed by atoms with Crippen molar-refractivity contribution < 1.29 is 17.9 Å². The van der Waals surface area contributed by atoms with E-state index in [-0.39, 0.29) is 22.3 Å². The van der Waals surface area contributed by atoms with E-state index < -0.39 is 10.0 Å². The summed E-state index contributed by atoms with van der Waals surface area (Å²) in [7, 11) is -1.86. The molecular weight excluding hydrogens is 340 g/mol. The van der Waals surface area contributed by atoms with Gasteiger partial charge in [0, 0.05) is 38.2 Å². The second kappa shape index (κ2) is 7.05. The SMILES string of the molecule is CO[C@@H]1CCC[C@@]12CCCN(S(=O)(=O)c1cccc(NC(C)=O)c1)C2. The van der Waals surface area contributed by atoms with Crippen molar-refractivity contribution in [1.82, 2.24) is 4.31 Å². The first kappa shape index (κ1) is 18.4. The first-order chi connectivity index (χ1) is 11.9. The van der Waals surface area contributed by atoms with E-state index in [2.05, 4.69) is 5.32 Å². The summed E-state index contributed by atoms with van der Waals surface area (Å²) in [4.78, 5) is 11.5. The Bertz CT molecular complexity index is 749. The summed E-state index contributed by atoms with van der Waals surface area (Å²) in [6.45, 7) is 2.45. The molecule has 0 radical (unpaired) electrons. The second-order valence-electron chi connectivity index (χ2n) is 7.13. The van der Waals surface area contributed by atoms with Crippen LogP contribution in [0.15, 0.2) is 29.2 Å². The Morgan fingerprint density at radius 1 is 1.32 bits per heavy atom. The van der Waals surface area contributed by atoms with Crippen LogP contribution in [0, 0.1) is 5.41 Å². The fourth-order valence-corrected chi connectivity index (χ4v) is 5.97. The maximum Gasteiger partial charge on any atom is 0.243 e. The van der Waals surface area contributed by atoms with E-state index in [1.807, 2.05) is 0 Å². The molecular formula is C18H26N2O4S. The van der Waals surface area contributed by atoms with E-state index in [9.17, 15) is 13.2 Å². The van der Waals surface area contributed by atoms with Gasteiger partial charge in [0.05, 0.1) is 11.0 Å². The molecule has 1 amide bonds. The van der Waals surface area contributed by atoms with Crippen molar-refractivity contribution in [2.45, 2.75) is 50.0 Å². The third-order valence-corrected chi connectivity index (χ3v) is 7.32. The van der Waals surface area contributed by atoms with Crippen molar-refractivity contribution >= 4 is 21.6 Å². The summed E-state index contributed by atoms with van der Waals surface area (Å²) < 4.78 is 33.5. The maximum atomic E-state index is 13.1. The summed E-state index contributed by atoms with van der Waals surface area (Å²) in [6.07, 6.45) is 5.11. The molecule has 3 rings (SSSR count). The van der Waals surface area contributed by atoms with Gasteiger partial charge in [-0.2, -0.15) is 4.31 Å². The molecule has 1 N–H and O–H groups in total. The molecule has 138 valence electrons. The first-order valence-electron chi connectivity index (χ1n) is 8.78. The van der Waals surface area contributed by atoms with E-state index in [0.717, 1.165) is 32.1 Å². The molecule has 1 aromatic rings. The molecule has 1 spiro atoms. The van der Waals surface area contributed by atoms with Crippen molar-refractivity contribution in [1.29, 1.82) is 0 Å². The fourth-order valence-electron chi connectivity index (χ4n) is 4.35. The molecule has 6 nitrogen and oxygen atoms in total. The molecule has 1 heterocycles. The Labute approximate surface area is 149 Å². The van der Waals surface area contributed by atoms with Crippen molar-refractivity contribution in [2.75, 3.05) is 25.5 Å². The number of sulfonamides is 1. The van der Waals surface area contributed by atoms with Crippen molar-refractivity contribution in [2.24, 2.45) is 5.41 Å². The number of nitrogens with one attached hydrogen (secondary N) is 1. The average Bonchev–Trinajstić information content (AvgIpc) is 2.96. The molecule has 0 aromatic heterocycles. The fraction of sp³-hybridized carbons (Fsp3) is 0.611. The van der Waals surface area contributed by atoms with Gasteiger partial charge in [-0.1, -0.05) is 12.5 Å². The topological polar surface area (TPSA) is 75.7 Å². The normalized spacial score (nSPS) is 27.5. The zero-order chi connectivity index (χ0) is 18.1. The van der Waals surface area contributed by atoms with Crippen LogP contribution >= 0.6 is 0 Å². The molecule has 2 atom stereocenters. The van der Waals surface area contributed by atoms with Gasteiger partial charge in [-0.3, -0.25) is 4.79 Å². The van der Waals surface area contributed by atoms with Crippen LogP contribution in [0.25, 0.3) is 0 Å². The highest BCUT2D eigenvalue weighted by Gasteiger charge is 2.48. The van der Waals surface area contributed by atoms with Crippen LogP contribution in [0.2, 0.25) is 0 Å². The van der Waals surface area contributed by atoms with Crippen LogP contribution in [0.5, 0.6) is 0 Å². The number of carbonyl (C=O) groups is 1. The first-order valence-corrected chi connectivity index (χ1v) is 10.2. The Balaban J connectivity index is 1.86. The molecule has 1 saturated heterocycles. The van der Waals surface area contributed by atoms with Crippen LogP contribution in [0.3, 0.4) is 0 Å². The number of amides is 1. The quantitative estimate of drug-likeness (QED) is 0.889. The summed E-state index contributed by atoms with van der Waals surface area (Å²) in [5.41, 5.74) is 0.436. The number of hydrogen-bond acceptors (Lipinski definition) is 4. The molecule has 1 aliphatic heterocycles. The summed E-state index contributed by atoms with van der Waals surface area (Å²) >= 11 is 0. The van der Waals surface area contributed by atoms with E-state index in [1.54, 1.807) is 29.6 Å². The molecule has 7 heteroatoms. The average molecular weight is 366 g/mol. The van der Waals surface area contributed by atoms with Gasteiger partial charge in [-0.15, -0.1) is 0 Å². The zero-order valence-corrected chi connectivity index (χ0v) is 15.6. The Morgan fingerprint density at radius 2 is 2.08 bits per heavy atom. The maximum absolute atomic E-state index is 13.1. The molecule has 0 bridgehead atoms. The van der Waals surface area contributed by atoms with E-state index in [4.69, 9.17) is 4.74 Å². The van der Waals surface area contributed by atoms with Gasteiger partial charge in [0.2, 0.25) is 15.9 Å². The lowest BCUT2D eigenvalue weighted by Crippen LogP contribution is -2.49. The largest absolute Gasteiger partial charge is 0.381 e. The lowest BCUT2D eigenvalue weighted by molar-refractivity contribution is -0.114. The third kappa shape index (κ3) is 3.59. The molecule has 1 aromatic carbocycles. The summed E-state index contributed by atoms with van der Waals surface area (Å²) in [5.74, 6) is -0.222. The van der Waals surface area contributed by atoms with Crippen molar-refractivity contribution in [3.8, 4) is 0 Å². The Hall–Kier alpha value is -1.44. The van der Waals surface area contributed by atoms with Gasteiger partial charge in [0.1, 0.15) is 0 Å². The predicted molar refractivity (Wildman–Crippen MR) is 95.8 cm³/mol. The highest BCUT2D eigenvalue weighted by molar-refractivity contribution is 7.89. The van der Waals surface area contributed by atoms with Crippen molar-refractivity contribution in [3.63, 3.8) is 0 Å². The second-order valence-corrected chi connectivity index (χ2v) is 9.07. The summed E-state index contributed by atoms with van der Waals surface area (Å²) in [6, 6.07) is 6.46. The molecule has 2 aliphatic rings. The smallest absolute Gasteiger partial charge is 0.243 e. The third-order valence-electron chi connectivity index (χ3n) is 5.47. The van der Waals surface area contributed by atoms with E-state index in [1.165, 1.54) is 13.0 Å². The lowest BCUT2D eigenvalue weighted by atomic mass is 9.77. The van der Waals surface area contributed by atoms with Crippen molar-refractivity contribution in [3.05, 3.63) is 24.3 Å². The minimum absolute atomic E-state index is 0.0602. The standard InChI is InChI=1S/C18H26N2O4S/c1-14(21)19-15-6-3-7-16(12-15)25(22,23)20-11-5-10-18(13-20)9-4-8-17(18)24-2/h3,6-7,12,17H,4-5,8-11,13H2,1-2H3,(H,19,21)/t17-,18+/m1/s1. The molecule has 0 unspecified atom stereocenters. The minimum atomic E-state index is -3.59. The van der Waals surface area contributed by atoms with Gasteiger partial charge in [-0.25, -0.2) is 8.42 Å². The number of hydrogen-bond donors (Lipinski definition) is 1. The van der Waals surface area contributed by atoms with Gasteiger partial charge < -0.3 is 10.1 Å². The van der Waals surface area contributed by atoms with Crippen LogP contribution in [-0.4, -0.2) is 44.9 Å². The van der Waals surface area contributed by atoms with Gasteiger partial charge in [0.25, 0.3) is 0 Å². The summed E-state index contributed by atoms with van der Waals surface area (Å²) in [5, 5.41) is 2.64. The van der Waals surface area contributed by atoms with E-state index in [0.29, 0.717) is 18.8 Å². The number of carbonyl (C=O) groups excluding carboxylic acids is 1. The minimum Gasteiger partial charge on any atom is -0.381 e. The number of ether oxygens (including phenoxy) is 1. The number of anilines is 1. The molecule has 25 heavy (non-hydrogen) atoms. The number of nitrogens with zero attached hydrogens (tertiary/aromatic N) is 1. The highest BCUT2D eigenvalue weighted by Crippen LogP contribution is 2.47. The number of benzene rings is 1. The monoisotopic (exact) mass is 366 g/mol. The number of piperidine rings is 1. The number of methoxy groups -OCH3 is 1. The Kier molecular flexibility index (Phi) is 5.18. The van der Waals surface area contributed by atoms with Gasteiger partial charge in [-0.05, 0) is 43.9 Å². The Morgan fingerprint density at radius 3 is 2.80 bits per heavy atom. The van der Waals surface area contributed by atoms with Crippen LogP contribution in [0.1, 0.15) is 39.0 Å². The van der Waals surface area contributed by atoms with Gasteiger partial charge in [0.15, 0.2) is 0 Å².